The number of halogens is 1. The van der Waals surface area contributed by atoms with Crippen LogP contribution in [-0.2, 0) is 17.6 Å². The number of amides is 1. The third-order valence-electron chi connectivity index (χ3n) is 4.84. The molecule has 0 aromatic heterocycles. The van der Waals surface area contributed by atoms with E-state index in [1.807, 2.05) is 52.8 Å². The molecule has 0 unspecified atom stereocenters. The van der Waals surface area contributed by atoms with Crippen molar-refractivity contribution in [3.63, 3.8) is 0 Å². The second-order valence-electron chi connectivity index (χ2n) is 8.19. The van der Waals surface area contributed by atoms with Crippen molar-refractivity contribution >= 4 is 23.4 Å². The molecule has 1 saturated heterocycles. The molecule has 3 rings (SSSR count). The standard InChI is InChI=1S/C23H29ClN2O2.C2H6/c1-23(2,3)28-22(27)26-16-14-25(15-17-26)21-19(10-7-11-20(21)24)13-12-18-8-5-4-6-9-18;1-2/h4-11H,12-17H2,1-3H3;1-2H3. The molecule has 2 aromatic rings. The molecule has 0 aliphatic carbocycles. The summed E-state index contributed by atoms with van der Waals surface area (Å²) in [5.41, 5.74) is 3.20. The van der Waals surface area contributed by atoms with Crippen molar-refractivity contribution in [2.24, 2.45) is 0 Å². The molecular formula is C25H35ClN2O2. The van der Waals surface area contributed by atoms with Crippen LogP contribution in [0.1, 0.15) is 45.7 Å². The molecule has 0 spiro atoms. The zero-order chi connectivity index (χ0) is 22.1. The zero-order valence-corrected chi connectivity index (χ0v) is 19.7. The van der Waals surface area contributed by atoms with Gasteiger partial charge in [0.05, 0.1) is 10.7 Å². The van der Waals surface area contributed by atoms with Gasteiger partial charge in [-0.1, -0.05) is 67.9 Å². The molecule has 1 fully saturated rings. The number of nitrogens with zero attached hydrogens (tertiary/aromatic N) is 2. The van der Waals surface area contributed by atoms with Crippen molar-refractivity contribution in [1.82, 2.24) is 4.90 Å². The number of para-hydroxylation sites is 1. The molecule has 0 saturated carbocycles. The van der Waals surface area contributed by atoms with E-state index in [-0.39, 0.29) is 6.09 Å². The Kier molecular flexibility index (Phi) is 9.04. The number of anilines is 1. The van der Waals surface area contributed by atoms with Crippen LogP contribution >= 0.6 is 11.6 Å². The van der Waals surface area contributed by atoms with Gasteiger partial charge < -0.3 is 14.5 Å². The highest BCUT2D eigenvalue weighted by Crippen LogP contribution is 2.32. The van der Waals surface area contributed by atoms with Gasteiger partial charge in [0.15, 0.2) is 0 Å². The van der Waals surface area contributed by atoms with Crippen LogP contribution in [0, 0.1) is 0 Å². The summed E-state index contributed by atoms with van der Waals surface area (Å²) in [4.78, 5) is 16.4. The molecule has 0 radical (unpaired) electrons. The molecule has 0 atom stereocenters. The van der Waals surface area contributed by atoms with E-state index in [4.69, 9.17) is 16.3 Å². The number of carbonyl (C=O) groups excluding carboxylic acids is 1. The first-order valence-corrected chi connectivity index (χ1v) is 11.3. The fourth-order valence-electron chi connectivity index (χ4n) is 3.48. The minimum Gasteiger partial charge on any atom is -0.444 e. The maximum atomic E-state index is 12.3. The Balaban J connectivity index is 0.00000155. The van der Waals surface area contributed by atoms with Gasteiger partial charge in [-0.2, -0.15) is 0 Å². The summed E-state index contributed by atoms with van der Waals surface area (Å²) in [6.45, 7) is 12.5. The lowest BCUT2D eigenvalue weighted by Gasteiger charge is -2.38. The smallest absolute Gasteiger partial charge is 0.410 e. The summed E-state index contributed by atoms with van der Waals surface area (Å²) in [7, 11) is 0. The zero-order valence-electron chi connectivity index (χ0n) is 19.0. The molecule has 1 amide bonds. The van der Waals surface area contributed by atoms with Gasteiger partial charge in [0.1, 0.15) is 5.60 Å². The van der Waals surface area contributed by atoms with Gasteiger partial charge in [-0.15, -0.1) is 0 Å². The first-order chi connectivity index (χ1) is 14.3. The molecule has 5 heteroatoms. The summed E-state index contributed by atoms with van der Waals surface area (Å²) in [6, 6.07) is 16.6. The van der Waals surface area contributed by atoms with E-state index in [0.717, 1.165) is 36.6 Å². The van der Waals surface area contributed by atoms with E-state index in [2.05, 4.69) is 35.2 Å². The van der Waals surface area contributed by atoms with E-state index in [9.17, 15) is 4.79 Å². The summed E-state index contributed by atoms with van der Waals surface area (Å²) < 4.78 is 5.50. The van der Waals surface area contributed by atoms with Crippen LogP contribution in [-0.4, -0.2) is 42.8 Å². The summed E-state index contributed by atoms with van der Waals surface area (Å²) >= 11 is 6.58. The van der Waals surface area contributed by atoms with Crippen molar-refractivity contribution in [2.75, 3.05) is 31.1 Å². The van der Waals surface area contributed by atoms with Crippen LogP contribution in [0.15, 0.2) is 48.5 Å². The number of benzene rings is 2. The van der Waals surface area contributed by atoms with Gasteiger partial charge in [0.25, 0.3) is 0 Å². The molecule has 1 aliphatic heterocycles. The first kappa shape index (κ1) is 24.1. The van der Waals surface area contributed by atoms with Crippen LogP contribution in [0.5, 0.6) is 0 Å². The molecule has 164 valence electrons. The third kappa shape index (κ3) is 6.94. The monoisotopic (exact) mass is 430 g/mol. The van der Waals surface area contributed by atoms with E-state index in [1.165, 1.54) is 11.1 Å². The Hall–Kier alpha value is -2.20. The quantitative estimate of drug-likeness (QED) is 0.578. The average Bonchev–Trinajstić information content (AvgIpc) is 2.73. The van der Waals surface area contributed by atoms with Crippen molar-refractivity contribution in [3.8, 4) is 0 Å². The molecular weight excluding hydrogens is 396 g/mol. The maximum Gasteiger partial charge on any atom is 0.410 e. The number of ether oxygens (including phenoxy) is 1. The lowest BCUT2D eigenvalue weighted by atomic mass is 10.0. The van der Waals surface area contributed by atoms with E-state index < -0.39 is 5.60 Å². The van der Waals surface area contributed by atoms with Crippen LogP contribution in [0.25, 0.3) is 0 Å². The highest BCUT2D eigenvalue weighted by molar-refractivity contribution is 6.33. The average molecular weight is 431 g/mol. The third-order valence-corrected chi connectivity index (χ3v) is 5.15. The van der Waals surface area contributed by atoms with Crippen molar-refractivity contribution in [3.05, 3.63) is 64.7 Å². The molecule has 1 aliphatic rings. The Morgan fingerprint density at radius 2 is 1.57 bits per heavy atom. The number of rotatable bonds is 4. The molecule has 4 nitrogen and oxygen atoms in total. The molecule has 2 aromatic carbocycles. The summed E-state index contributed by atoms with van der Waals surface area (Å²) in [5, 5.41) is 0.774. The Labute approximate surface area is 186 Å². The molecule has 30 heavy (non-hydrogen) atoms. The summed E-state index contributed by atoms with van der Waals surface area (Å²) in [5.74, 6) is 0. The second-order valence-corrected chi connectivity index (χ2v) is 8.59. The van der Waals surface area contributed by atoms with Gasteiger partial charge >= 0.3 is 6.09 Å². The van der Waals surface area contributed by atoms with Gasteiger partial charge in [0.2, 0.25) is 0 Å². The number of hydrogen-bond acceptors (Lipinski definition) is 3. The Morgan fingerprint density at radius 3 is 2.17 bits per heavy atom. The number of aryl methyl sites for hydroxylation is 2. The normalized spacial score (nSPS) is 14.1. The SMILES string of the molecule is CC.CC(C)(C)OC(=O)N1CCN(c2c(Cl)cccc2CCc2ccccc2)CC1. The predicted octanol–water partition coefficient (Wildman–Crippen LogP) is 6.21. The van der Waals surface area contributed by atoms with Gasteiger partial charge in [-0.25, -0.2) is 4.79 Å². The van der Waals surface area contributed by atoms with E-state index in [1.54, 1.807) is 4.90 Å². The van der Waals surface area contributed by atoms with Crippen molar-refractivity contribution < 1.29 is 9.53 Å². The topological polar surface area (TPSA) is 32.8 Å². The Bertz CT molecular complexity index is 795. The van der Waals surface area contributed by atoms with Crippen molar-refractivity contribution in [2.45, 2.75) is 53.1 Å². The summed E-state index contributed by atoms with van der Waals surface area (Å²) in [6.07, 6.45) is 1.67. The lowest BCUT2D eigenvalue weighted by Crippen LogP contribution is -2.50. The van der Waals surface area contributed by atoms with Gasteiger partial charge in [0, 0.05) is 26.2 Å². The fourth-order valence-corrected chi connectivity index (χ4v) is 3.79. The van der Waals surface area contributed by atoms with Crippen LogP contribution in [0.4, 0.5) is 10.5 Å². The van der Waals surface area contributed by atoms with Crippen LogP contribution in [0.3, 0.4) is 0 Å². The predicted molar refractivity (Wildman–Crippen MR) is 127 cm³/mol. The lowest BCUT2D eigenvalue weighted by molar-refractivity contribution is 0.0240. The maximum absolute atomic E-state index is 12.3. The van der Waals surface area contributed by atoms with Crippen molar-refractivity contribution in [1.29, 1.82) is 0 Å². The number of hydrogen-bond donors (Lipinski definition) is 0. The Morgan fingerprint density at radius 1 is 0.933 bits per heavy atom. The fraction of sp³-hybridized carbons (Fsp3) is 0.480. The minimum atomic E-state index is -0.471. The highest BCUT2D eigenvalue weighted by Gasteiger charge is 2.27. The molecule has 0 bridgehead atoms. The van der Waals surface area contributed by atoms with E-state index in [0.29, 0.717) is 13.1 Å². The van der Waals surface area contributed by atoms with Crippen LogP contribution < -0.4 is 4.90 Å². The van der Waals surface area contributed by atoms with Gasteiger partial charge in [-0.3, -0.25) is 0 Å². The number of carbonyl (C=O) groups is 1. The second kappa shape index (κ2) is 11.3. The first-order valence-electron chi connectivity index (χ1n) is 10.9. The minimum absolute atomic E-state index is 0.240. The number of piperazine rings is 1. The van der Waals surface area contributed by atoms with E-state index >= 15 is 0 Å². The molecule has 1 heterocycles. The highest BCUT2D eigenvalue weighted by atomic mass is 35.5. The largest absolute Gasteiger partial charge is 0.444 e. The van der Waals surface area contributed by atoms with Crippen LogP contribution in [0.2, 0.25) is 5.02 Å². The van der Waals surface area contributed by atoms with Gasteiger partial charge in [-0.05, 0) is 50.8 Å². The molecule has 0 N–H and O–H groups in total.